The van der Waals surface area contributed by atoms with E-state index in [1.165, 1.54) is 116 Å². The number of ketones is 2. The third kappa shape index (κ3) is 24.2. The van der Waals surface area contributed by atoms with Crippen molar-refractivity contribution in [1.82, 2.24) is 0 Å². The summed E-state index contributed by atoms with van der Waals surface area (Å²) in [6, 6.07) is 0. The van der Waals surface area contributed by atoms with E-state index in [0.717, 1.165) is 58.0 Å². The topological polar surface area (TPSA) is 54.4 Å². The summed E-state index contributed by atoms with van der Waals surface area (Å²) in [5.74, 6) is -0.249. The van der Waals surface area contributed by atoms with E-state index < -0.39 is 5.41 Å². The van der Waals surface area contributed by atoms with Crippen LogP contribution in [0.15, 0.2) is 24.3 Å². The Morgan fingerprint density at radius 1 is 0.452 bits per heavy atom. The van der Waals surface area contributed by atoms with Crippen molar-refractivity contribution in [3.63, 3.8) is 0 Å². The Morgan fingerprint density at radius 3 is 1.00 bits per heavy atom. The van der Waals surface area contributed by atoms with E-state index in [1.54, 1.807) is 6.92 Å². The van der Waals surface area contributed by atoms with Gasteiger partial charge >= 0.3 is 0 Å². The predicted molar refractivity (Wildman–Crippen MR) is 183 cm³/mol. The fourth-order valence-electron chi connectivity index (χ4n) is 5.53. The van der Waals surface area contributed by atoms with Gasteiger partial charge in [-0.15, -0.1) is 0 Å². The summed E-state index contributed by atoms with van der Waals surface area (Å²) in [5, 5.41) is 9.80. The number of allylic oxidation sites excluding steroid dienone is 4. The molecule has 42 heavy (non-hydrogen) atoms. The summed E-state index contributed by atoms with van der Waals surface area (Å²) in [6.07, 6.45) is 41.8. The molecule has 0 atom stereocenters. The lowest BCUT2D eigenvalue weighted by Crippen LogP contribution is -2.37. The largest absolute Gasteiger partial charge is 0.389 e. The van der Waals surface area contributed by atoms with Crippen molar-refractivity contribution in [2.45, 2.75) is 201 Å². The number of aliphatic hydroxyl groups excluding tert-OH is 1. The van der Waals surface area contributed by atoms with Crippen LogP contribution in [0.1, 0.15) is 201 Å². The van der Waals surface area contributed by atoms with Crippen LogP contribution < -0.4 is 0 Å². The van der Waals surface area contributed by atoms with Gasteiger partial charge in [-0.25, -0.2) is 0 Å². The summed E-state index contributed by atoms with van der Waals surface area (Å²) in [7, 11) is 0. The molecule has 0 spiro atoms. The molecule has 1 radical (unpaired) electrons. The first-order valence-electron chi connectivity index (χ1n) is 18.4. The lowest BCUT2D eigenvalue weighted by Gasteiger charge is -2.23. The quantitative estimate of drug-likeness (QED) is 0.0472. The minimum Gasteiger partial charge on any atom is -0.389 e. The molecule has 0 saturated heterocycles. The molecule has 0 saturated carbocycles. The highest BCUT2D eigenvalue weighted by Gasteiger charge is 2.39. The van der Waals surface area contributed by atoms with Crippen LogP contribution >= 0.6 is 0 Å². The number of Topliss-reactive ketones (excluding diaryl/α,β-unsaturated/α-hetero) is 2. The summed E-state index contributed by atoms with van der Waals surface area (Å²) in [5.41, 5.74) is -1.33. The maximum atomic E-state index is 12.8. The molecule has 0 aliphatic heterocycles. The van der Waals surface area contributed by atoms with Crippen LogP contribution in [-0.2, 0) is 9.59 Å². The normalized spacial score (nSPS) is 12.2. The van der Waals surface area contributed by atoms with E-state index in [4.69, 9.17) is 0 Å². The number of aliphatic hydroxyl groups is 1. The number of rotatable bonds is 33. The highest BCUT2D eigenvalue weighted by Crippen LogP contribution is 2.27. The number of hydrogen-bond donors (Lipinski definition) is 1. The van der Waals surface area contributed by atoms with Crippen molar-refractivity contribution < 1.29 is 14.7 Å². The third-order valence-electron chi connectivity index (χ3n) is 8.75. The molecule has 0 rings (SSSR count). The molecule has 245 valence electrons. The molecule has 0 unspecified atom stereocenters. The molecule has 0 amide bonds. The smallest absolute Gasteiger partial charge is 0.148 e. The molecule has 3 nitrogen and oxygen atoms in total. The number of hydrogen-bond acceptors (Lipinski definition) is 3. The van der Waals surface area contributed by atoms with Crippen molar-refractivity contribution in [3.8, 4) is 0 Å². The van der Waals surface area contributed by atoms with Crippen molar-refractivity contribution in [3.05, 3.63) is 30.9 Å². The van der Waals surface area contributed by atoms with Gasteiger partial charge in [0.1, 0.15) is 23.6 Å². The van der Waals surface area contributed by atoms with Gasteiger partial charge in [0.05, 0.1) is 0 Å². The SMILES string of the molecule is CCCCCCCC/C=C\CCCCCCCC(=O)C(C)([CH]O)C(=O)CCCCCCC/C=C\CCCCCCCC. The summed E-state index contributed by atoms with van der Waals surface area (Å²) in [4.78, 5) is 25.6. The molecule has 0 fully saturated rings. The summed E-state index contributed by atoms with van der Waals surface area (Å²) in [6.45, 7) is 6.98. The van der Waals surface area contributed by atoms with Crippen LogP contribution in [-0.4, -0.2) is 16.7 Å². The standard InChI is InChI=1S/C39H71O3/c1-4-6-8-10-12-14-16-18-20-22-24-26-28-30-32-34-37(41)39(3,36-40)38(42)35-33-31-29-27-25-23-21-19-17-15-13-11-9-7-5-2/h18-21,36,40H,4-17,22-35H2,1-3H3/b20-18-,21-19-. The molecule has 0 heterocycles. The first-order valence-corrected chi connectivity index (χ1v) is 18.4. The Bertz CT molecular complexity index is 611. The Balaban J connectivity index is 3.77. The molecule has 0 aromatic carbocycles. The van der Waals surface area contributed by atoms with Gasteiger partial charge in [0.15, 0.2) is 0 Å². The predicted octanol–water partition coefficient (Wildman–Crippen LogP) is 12.7. The van der Waals surface area contributed by atoms with Gasteiger partial charge in [-0.1, -0.05) is 141 Å². The maximum absolute atomic E-state index is 12.8. The van der Waals surface area contributed by atoms with Crippen LogP contribution in [0.2, 0.25) is 0 Å². The van der Waals surface area contributed by atoms with Crippen molar-refractivity contribution in [1.29, 1.82) is 0 Å². The molecule has 3 heteroatoms. The summed E-state index contributed by atoms with van der Waals surface area (Å²) >= 11 is 0. The fraction of sp³-hybridized carbons (Fsp3) is 0.821. The molecule has 0 bridgehead atoms. The lowest BCUT2D eigenvalue weighted by atomic mass is 9.78. The van der Waals surface area contributed by atoms with Gasteiger partial charge in [-0.05, 0) is 71.1 Å². The van der Waals surface area contributed by atoms with Crippen LogP contribution in [0.25, 0.3) is 0 Å². The zero-order valence-corrected chi connectivity index (χ0v) is 28.4. The van der Waals surface area contributed by atoms with Crippen LogP contribution in [0.4, 0.5) is 0 Å². The highest BCUT2D eigenvalue weighted by molar-refractivity contribution is 6.07. The number of carbonyl (C=O) groups excluding carboxylic acids is 2. The van der Waals surface area contributed by atoms with Crippen LogP contribution in [0.3, 0.4) is 0 Å². The maximum Gasteiger partial charge on any atom is 0.148 e. The molecule has 1 N–H and O–H groups in total. The first-order chi connectivity index (χ1) is 20.5. The van der Waals surface area contributed by atoms with Gasteiger partial charge < -0.3 is 5.11 Å². The zero-order valence-electron chi connectivity index (χ0n) is 28.4. The van der Waals surface area contributed by atoms with E-state index >= 15 is 0 Å². The first kappa shape index (κ1) is 40.8. The second-order valence-electron chi connectivity index (χ2n) is 12.8. The van der Waals surface area contributed by atoms with E-state index in [-0.39, 0.29) is 11.6 Å². The van der Waals surface area contributed by atoms with E-state index in [9.17, 15) is 14.7 Å². The average molecular weight is 588 g/mol. The minimum absolute atomic E-state index is 0.125. The summed E-state index contributed by atoms with van der Waals surface area (Å²) < 4.78 is 0. The monoisotopic (exact) mass is 588 g/mol. The second-order valence-corrected chi connectivity index (χ2v) is 12.8. The van der Waals surface area contributed by atoms with Gasteiger partial charge in [0.2, 0.25) is 0 Å². The van der Waals surface area contributed by atoms with Crippen LogP contribution in [0.5, 0.6) is 0 Å². The van der Waals surface area contributed by atoms with Crippen molar-refractivity contribution in [2.24, 2.45) is 5.41 Å². The molecule has 0 aromatic rings. The lowest BCUT2D eigenvalue weighted by molar-refractivity contribution is -0.139. The van der Waals surface area contributed by atoms with Crippen molar-refractivity contribution >= 4 is 11.6 Å². The number of unbranched alkanes of at least 4 members (excludes halogenated alkanes) is 22. The molecule has 0 aliphatic carbocycles. The zero-order chi connectivity index (χ0) is 31.0. The van der Waals surface area contributed by atoms with E-state index in [2.05, 4.69) is 38.2 Å². The molecular formula is C39H71O3. The molecular weight excluding hydrogens is 516 g/mol. The highest BCUT2D eigenvalue weighted by atomic mass is 16.3. The Kier molecular flexibility index (Phi) is 30.3. The van der Waals surface area contributed by atoms with Crippen molar-refractivity contribution in [2.75, 3.05) is 0 Å². The van der Waals surface area contributed by atoms with Crippen LogP contribution in [0, 0.1) is 12.0 Å². The Labute approximate surface area is 262 Å². The molecule has 0 aliphatic rings. The third-order valence-corrected chi connectivity index (χ3v) is 8.75. The van der Waals surface area contributed by atoms with E-state index in [1.807, 2.05) is 0 Å². The van der Waals surface area contributed by atoms with Gasteiger partial charge in [-0.3, -0.25) is 9.59 Å². The van der Waals surface area contributed by atoms with Gasteiger partial charge in [0.25, 0.3) is 0 Å². The minimum atomic E-state index is -1.33. The second kappa shape index (κ2) is 31.2. The Morgan fingerprint density at radius 2 is 0.714 bits per heavy atom. The molecule has 0 aromatic heterocycles. The average Bonchev–Trinajstić information content (AvgIpc) is 3.00. The number of carbonyl (C=O) groups is 2. The fourth-order valence-corrected chi connectivity index (χ4v) is 5.53. The van der Waals surface area contributed by atoms with Gasteiger partial charge in [-0.2, -0.15) is 0 Å². The van der Waals surface area contributed by atoms with Gasteiger partial charge in [0, 0.05) is 12.8 Å². The Hall–Kier alpha value is -1.22. The van der Waals surface area contributed by atoms with E-state index in [0.29, 0.717) is 12.8 Å².